The molecule has 0 aliphatic heterocycles. The van der Waals surface area contributed by atoms with Crippen molar-refractivity contribution in [3.63, 3.8) is 0 Å². The van der Waals surface area contributed by atoms with Crippen molar-refractivity contribution in [1.29, 1.82) is 0 Å². The highest BCUT2D eigenvalue weighted by atomic mass is 79.9. The summed E-state index contributed by atoms with van der Waals surface area (Å²) >= 11 is 15.6. The third-order valence-electron chi connectivity index (χ3n) is 3.23. The predicted molar refractivity (Wildman–Crippen MR) is 90.2 cm³/mol. The summed E-state index contributed by atoms with van der Waals surface area (Å²) in [5.41, 5.74) is 2.59. The fourth-order valence-corrected chi connectivity index (χ4v) is 3.28. The van der Waals surface area contributed by atoms with Gasteiger partial charge in [-0.25, -0.2) is 4.68 Å². The lowest BCUT2D eigenvalue weighted by molar-refractivity contribution is 0.560. The van der Waals surface area contributed by atoms with Gasteiger partial charge in [-0.05, 0) is 49.2 Å². The molecule has 21 heavy (non-hydrogen) atoms. The van der Waals surface area contributed by atoms with E-state index >= 15 is 0 Å². The molecule has 0 bridgehead atoms. The topological polar surface area (TPSA) is 30.7 Å². The van der Waals surface area contributed by atoms with E-state index in [9.17, 15) is 0 Å². The van der Waals surface area contributed by atoms with Gasteiger partial charge >= 0.3 is 0 Å². The summed E-state index contributed by atoms with van der Waals surface area (Å²) in [6.45, 7) is -0.472. The Morgan fingerprint density at radius 3 is 2.81 bits per heavy atom. The molecule has 6 heteroatoms. The van der Waals surface area contributed by atoms with Gasteiger partial charge in [0.2, 0.25) is 0 Å². The van der Waals surface area contributed by atoms with Crippen LogP contribution in [0.1, 0.15) is 28.1 Å². The normalized spacial score (nSPS) is 15.5. The van der Waals surface area contributed by atoms with Gasteiger partial charge in [0.25, 0.3) is 0 Å². The van der Waals surface area contributed by atoms with Gasteiger partial charge in [-0.15, -0.1) is 5.10 Å². The zero-order valence-electron chi connectivity index (χ0n) is 13.9. The fraction of sp³-hybridized carbons (Fsp3) is 0.200. The smallest absolute Gasteiger partial charge is 0.116 e. The fourth-order valence-electron chi connectivity index (χ4n) is 2.21. The number of nitrogens with zero attached hydrogens (tertiary/aromatic N) is 3. The van der Waals surface area contributed by atoms with Crippen molar-refractivity contribution >= 4 is 50.2 Å². The molecule has 0 aliphatic rings. The van der Waals surface area contributed by atoms with Crippen LogP contribution >= 0.6 is 39.1 Å². The molecule has 0 aliphatic carbocycles. The summed E-state index contributed by atoms with van der Waals surface area (Å²) in [7, 11) is 0. The van der Waals surface area contributed by atoms with E-state index in [4.69, 9.17) is 27.3 Å². The van der Waals surface area contributed by atoms with Crippen LogP contribution in [0.2, 0.25) is 10.0 Å². The molecule has 3 aromatic rings. The Labute approximate surface area is 145 Å². The van der Waals surface area contributed by atoms with Crippen molar-refractivity contribution in [1.82, 2.24) is 15.0 Å². The Morgan fingerprint density at radius 2 is 2.10 bits per heavy atom. The minimum atomic E-state index is -2.37. The zero-order chi connectivity index (χ0) is 17.6. The predicted octanol–water partition coefficient (Wildman–Crippen LogP) is 5.42. The molecule has 0 unspecified atom stereocenters. The van der Waals surface area contributed by atoms with Gasteiger partial charge in [0, 0.05) is 18.6 Å². The van der Waals surface area contributed by atoms with E-state index in [0.717, 1.165) is 10.0 Å². The summed E-state index contributed by atoms with van der Waals surface area (Å²) in [4.78, 5) is 0. The third kappa shape index (κ3) is 2.68. The molecule has 0 spiro atoms. The molecule has 108 valence electrons. The number of aryl methyl sites for hydroxylation is 1. The summed E-state index contributed by atoms with van der Waals surface area (Å²) in [5, 5.41) is 8.95. The Balaban J connectivity index is 2.29. The summed E-state index contributed by atoms with van der Waals surface area (Å²) in [6, 6.07) is 7.38. The summed E-state index contributed by atoms with van der Waals surface area (Å²) in [6.07, 6.45) is 0. The molecule has 0 saturated carbocycles. The first-order valence-corrected chi connectivity index (χ1v) is 7.69. The first-order chi connectivity index (χ1) is 11.2. The van der Waals surface area contributed by atoms with Gasteiger partial charge in [-0.1, -0.05) is 50.4 Å². The number of rotatable bonds is 2. The Morgan fingerprint density at radius 1 is 1.29 bits per heavy atom. The van der Waals surface area contributed by atoms with E-state index in [1.54, 1.807) is 18.2 Å². The Hall–Kier alpha value is -1.10. The first kappa shape index (κ1) is 11.5. The van der Waals surface area contributed by atoms with E-state index < -0.39 is 12.9 Å². The molecule has 3 rings (SSSR count). The van der Waals surface area contributed by atoms with Crippen molar-refractivity contribution in [2.45, 2.75) is 19.8 Å². The van der Waals surface area contributed by atoms with Crippen LogP contribution < -0.4 is 0 Å². The molecular weight excluding hydrogens is 373 g/mol. The highest BCUT2D eigenvalue weighted by molar-refractivity contribution is 9.10. The highest BCUT2D eigenvalue weighted by Gasteiger charge is 2.17. The van der Waals surface area contributed by atoms with Crippen LogP contribution in [0.3, 0.4) is 0 Å². The van der Waals surface area contributed by atoms with Crippen LogP contribution in [0.25, 0.3) is 11.0 Å². The van der Waals surface area contributed by atoms with Crippen molar-refractivity contribution < 1.29 is 4.11 Å². The van der Waals surface area contributed by atoms with Crippen LogP contribution in [-0.2, 0) is 0 Å². The van der Waals surface area contributed by atoms with E-state index in [0.29, 0.717) is 21.6 Å². The van der Waals surface area contributed by atoms with E-state index in [2.05, 4.69) is 26.2 Å². The van der Waals surface area contributed by atoms with Crippen molar-refractivity contribution in [2.24, 2.45) is 0 Å². The number of halogens is 3. The third-order valence-corrected chi connectivity index (χ3v) is 4.25. The molecule has 0 radical (unpaired) electrons. The standard InChI is InChI=1S/C15H12BrCl2N3/c1-8-5-10(16)6-14-15(8)19-20-21(14)9(2)12-4-3-11(17)7-13(12)18/h3-7,9H,1-2H3/t9-/m1/s1/i2D3. The lowest BCUT2D eigenvalue weighted by Crippen LogP contribution is -2.09. The average molecular weight is 388 g/mol. The number of aromatic nitrogens is 3. The summed E-state index contributed by atoms with van der Waals surface area (Å²) < 4.78 is 26.2. The molecule has 1 aromatic heterocycles. The second-order valence-corrected chi connectivity index (χ2v) is 6.45. The number of hydrogen-bond donors (Lipinski definition) is 0. The molecule has 3 nitrogen and oxygen atoms in total. The molecule has 2 aromatic carbocycles. The minimum absolute atomic E-state index is 0.277. The van der Waals surface area contributed by atoms with Crippen LogP contribution in [0.4, 0.5) is 0 Å². The largest absolute Gasteiger partial charge is 0.237 e. The number of fused-ring (bicyclic) bond motifs is 1. The maximum atomic E-state index is 7.98. The van der Waals surface area contributed by atoms with Gasteiger partial charge in [-0.2, -0.15) is 0 Å². The SMILES string of the molecule is [2H]C([2H])([2H])[C@H](c1ccc(Cl)cc1Cl)n1nnc2c(C)cc(Br)cc21. The molecule has 0 amide bonds. The van der Waals surface area contributed by atoms with Gasteiger partial charge < -0.3 is 0 Å². The first-order valence-electron chi connectivity index (χ1n) is 7.64. The second kappa shape index (κ2) is 5.59. The lowest BCUT2D eigenvalue weighted by Gasteiger charge is -2.15. The maximum Gasteiger partial charge on any atom is 0.116 e. The molecule has 0 fully saturated rings. The molecule has 1 atom stereocenters. The molecule has 0 saturated heterocycles. The molecular formula is C15H12BrCl2N3. The van der Waals surface area contributed by atoms with Crippen LogP contribution in [0.5, 0.6) is 0 Å². The second-order valence-electron chi connectivity index (χ2n) is 4.69. The molecule has 1 heterocycles. The van der Waals surface area contributed by atoms with Crippen molar-refractivity contribution in [3.05, 3.63) is 56.0 Å². The quantitative estimate of drug-likeness (QED) is 0.587. The zero-order valence-corrected chi connectivity index (χ0v) is 14.0. The van der Waals surface area contributed by atoms with Crippen LogP contribution in [-0.4, -0.2) is 15.0 Å². The Kier molecular flexibility index (Phi) is 3.05. The number of hydrogen-bond acceptors (Lipinski definition) is 2. The van der Waals surface area contributed by atoms with Gasteiger partial charge in [0.05, 0.1) is 11.6 Å². The lowest BCUT2D eigenvalue weighted by atomic mass is 10.1. The minimum Gasteiger partial charge on any atom is -0.237 e. The molecule has 0 N–H and O–H groups in total. The van der Waals surface area contributed by atoms with Gasteiger partial charge in [-0.3, -0.25) is 0 Å². The van der Waals surface area contributed by atoms with Crippen LogP contribution in [0.15, 0.2) is 34.8 Å². The monoisotopic (exact) mass is 386 g/mol. The summed E-state index contributed by atoms with van der Waals surface area (Å²) in [5.74, 6) is 0. The highest BCUT2D eigenvalue weighted by Crippen LogP contribution is 2.31. The van der Waals surface area contributed by atoms with Gasteiger partial charge in [0.15, 0.2) is 0 Å². The van der Waals surface area contributed by atoms with E-state index in [1.165, 1.54) is 10.7 Å². The van der Waals surface area contributed by atoms with Crippen molar-refractivity contribution in [3.8, 4) is 0 Å². The van der Waals surface area contributed by atoms with Gasteiger partial charge in [0.1, 0.15) is 5.52 Å². The van der Waals surface area contributed by atoms with E-state index in [-0.39, 0.29) is 5.02 Å². The van der Waals surface area contributed by atoms with E-state index in [1.807, 2.05) is 13.0 Å². The average Bonchev–Trinajstić information content (AvgIpc) is 2.84. The van der Waals surface area contributed by atoms with Crippen molar-refractivity contribution in [2.75, 3.05) is 0 Å². The van der Waals surface area contributed by atoms with Crippen LogP contribution in [0, 0.1) is 6.92 Å². The number of benzene rings is 2. The Bertz CT molecular complexity index is 924. The maximum absolute atomic E-state index is 7.98.